The number of benzene rings is 1. The fourth-order valence-corrected chi connectivity index (χ4v) is 2.34. The number of fused-ring (bicyclic) bond motifs is 1. The number of hydrogen-bond donors (Lipinski definition) is 2. The van der Waals surface area contributed by atoms with E-state index in [0.29, 0.717) is 57.3 Å². The first kappa shape index (κ1) is 17.8. The lowest BCUT2D eigenvalue weighted by atomic mass is 10.1. The number of carbonyl (C=O) groups is 1. The molecule has 128 valence electrons. The summed E-state index contributed by atoms with van der Waals surface area (Å²) in [5, 5.41) is 18.7. The Labute approximate surface area is 135 Å². The van der Waals surface area contributed by atoms with Gasteiger partial charge in [-0.15, -0.1) is 0 Å². The summed E-state index contributed by atoms with van der Waals surface area (Å²) in [6.45, 7) is 2.71. The molecule has 0 fully saturated rings. The zero-order chi connectivity index (χ0) is 16.5. The van der Waals surface area contributed by atoms with Gasteiger partial charge in [-0.2, -0.15) is 0 Å². The van der Waals surface area contributed by atoms with E-state index in [2.05, 4.69) is 0 Å². The summed E-state index contributed by atoms with van der Waals surface area (Å²) in [4.78, 5) is 13.5. The first-order chi connectivity index (χ1) is 11.3. The summed E-state index contributed by atoms with van der Waals surface area (Å²) >= 11 is 0. The molecule has 23 heavy (non-hydrogen) atoms. The normalized spacial score (nSPS) is 16.9. The smallest absolute Gasteiger partial charge is 0.256 e. The molecule has 0 saturated heterocycles. The second-order valence-corrected chi connectivity index (χ2v) is 5.02. The van der Waals surface area contributed by atoms with Gasteiger partial charge < -0.3 is 29.3 Å². The highest BCUT2D eigenvalue weighted by Gasteiger charge is 2.34. The second-order valence-electron chi connectivity index (χ2n) is 5.02. The average molecular weight is 325 g/mol. The summed E-state index contributed by atoms with van der Waals surface area (Å²) in [5.41, 5.74) is 1.19. The Bertz CT molecular complexity index is 495. The maximum atomic E-state index is 12.2. The summed E-state index contributed by atoms with van der Waals surface area (Å²) in [6, 6.07) is 7.06. The van der Waals surface area contributed by atoms with Crippen molar-refractivity contribution in [1.82, 2.24) is 4.90 Å². The van der Waals surface area contributed by atoms with Crippen LogP contribution in [0.3, 0.4) is 0 Å². The van der Waals surface area contributed by atoms with Crippen LogP contribution < -0.4 is 0 Å². The molecule has 2 N–H and O–H groups in total. The molecule has 1 heterocycles. The predicted molar refractivity (Wildman–Crippen MR) is 82.0 cm³/mol. The van der Waals surface area contributed by atoms with Crippen molar-refractivity contribution in [2.45, 2.75) is 6.23 Å². The van der Waals surface area contributed by atoms with Crippen LogP contribution in [-0.4, -0.2) is 73.8 Å². The Morgan fingerprint density at radius 3 is 2.22 bits per heavy atom. The minimum absolute atomic E-state index is 0.00799. The van der Waals surface area contributed by atoms with Crippen LogP contribution in [0.5, 0.6) is 0 Å². The summed E-state index contributed by atoms with van der Waals surface area (Å²) in [6.07, 6.45) is -0.901. The molecule has 0 radical (unpaired) electrons. The van der Waals surface area contributed by atoms with E-state index in [1.54, 1.807) is 24.3 Å². The SMILES string of the molecule is O=C1c2ccccc2C(O)N1CCOCCOCCOCCO. The molecule has 1 amide bonds. The quantitative estimate of drug-likeness (QED) is 0.564. The van der Waals surface area contributed by atoms with E-state index >= 15 is 0 Å². The molecule has 0 saturated carbocycles. The zero-order valence-corrected chi connectivity index (χ0v) is 13.0. The van der Waals surface area contributed by atoms with Crippen molar-refractivity contribution in [3.63, 3.8) is 0 Å². The molecule has 7 heteroatoms. The predicted octanol–water partition coefficient (Wildman–Crippen LogP) is 0.175. The maximum absolute atomic E-state index is 12.2. The molecular formula is C16H23NO6. The molecule has 0 spiro atoms. The van der Waals surface area contributed by atoms with Crippen LogP contribution in [0, 0.1) is 0 Å². The van der Waals surface area contributed by atoms with Crippen molar-refractivity contribution in [3.05, 3.63) is 35.4 Å². The van der Waals surface area contributed by atoms with Gasteiger partial charge in [0, 0.05) is 17.7 Å². The van der Waals surface area contributed by atoms with Crippen LogP contribution in [0.15, 0.2) is 24.3 Å². The van der Waals surface area contributed by atoms with E-state index < -0.39 is 6.23 Å². The molecular weight excluding hydrogens is 302 g/mol. The van der Waals surface area contributed by atoms with Gasteiger partial charge in [0.25, 0.3) is 5.91 Å². The van der Waals surface area contributed by atoms with E-state index in [0.717, 1.165) is 0 Å². The third kappa shape index (κ3) is 4.98. The summed E-state index contributed by atoms with van der Waals surface area (Å²) in [7, 11) is 0. The first-order valence-electron chi connectivity index (χ1n) is 7.67. The highest BCUT2D eigenvalue weighted by atomic mass is 16.5. The molecule has 1 atom stereocenters. The Hall–Kier alpha value is -1.51. The van der Waals surface area contributed by atoms with Crippen molar-refractivity contribution < 1.29 is 29.2 Å². The van der Waals surface area contributed by atoms with Crippen molar-refractivity contribution in [3.8, 4) is 0 Å². The molecule has 1 unspecified atom stereocenters. The third-order valence-electron chi connectivity index (χ3n) is 3.48. The molecule has 1 aromatic rings. The third-order valence-corrected chi connectivity index (χ3v) is 3.48. The molecule has 0 aromatic heterocycles. The topological polar surface area (TPSA) is 88.5 Å². The fraction of sp³-hybridized carbons (Fsp3) is 0.562. The Morgan fingerprint density at radius 2 is 1.57 bits per heavy atom. The standard InChI is InChI=1S/C16H23NO6/c18-6-8-22-10-12-23-11-9-21-7-5-17-15(19)13-3-1-2-4-14(13)16(17)20/h1-4,15,18-19H,5-12H2. The van der Waals surface area contributed by atoms with Gasteiger partial charge in [0.2, 0.25) is 0 Å². The van der Waals surface area contributed by atoms with Gasteiger partial charge in [0.05, 0.1) is 46.2 Å². The molecule has 7 nitrogen and oxygen atoms in total. The maximum Gasteiger partial charge on any atom is 0.256 e. The van der Waals surface area contributed by atoms with Crippen LogP contribution >= 0.6 is 0 Å². The van der Waals surface area contributed by atoms with Gasteiger partial charge in [0.15, 0.2) is 6.23 Å². The van der Waals surface area contributed by atoms with E-state index in [-0.39, 0.29) is 12.5 Å². The highest BCUT2D eigenvalue weighted by Crippen LogP contribution is 2.30. The van der Waals surface area contributed by atoms with Crippen molar-refractivity contribution in [2.24, 2.45) is 0 Å². The lowest BCUT2D eigenvalue weighted by Crippen LogP contribution is -2.31. The number of amides is 1. The van der Waals surface area contributed by atoms with Crippen LogP contribution in [0.1, 0.15) is 22.1 Å². The molecule has 1 aliphatic heterocycles. The van der Waals surface area contributed by atoms with E-state index in [1.165, 1.54) is 4.90 Å². The fourth-order valence-electron chi connectivity index (χ4n) is 2.34. The summed E-state index contributed by atoms with van der Waals surface area (Å²) in [5.74, 6) is -0.172. The Kier molecular flexibility index (Phi) is 7.44. The number of rotatable bonds is 11. The van der Waals surface area contributed by atoms with Gasteiger partial charge in [-0.05, 0) is 6.07 Å². The number of nitrogens with zero attached hydrogens (tertiary/aromatic N) is 1. The van der Waals surface area contributed by atoms with E-state index in [1.807, 2.05) is 0 Å². The van der Waals surface area contributed by atoms with E-state index in [9.17, 15) is 9.90 Å². The zero-order valence-electron chi connectivity index (χ0n) is 13.0. The van der Waals surface area contributed by atoms with Gasteiger partial charge in [-0.25, -0.2) is 0 Å². The minimum Gasteiger partial charge on any atom is -0.394 e. The van der Waals surface area contributed by atoms with Gasteiger partial charge in [-0.3, -0.25) is 4.79 Å². The van der Waals surface area contributed by atoms with Crippen molar-refractivity contribution in [1.29, 1.82) is 0 Å². The average Bonchev–Trinajstić information content (AvgIpc) is 2.81. The Morgan fingerprint density at radius 1 is 0.957 bits per heavy atom. The lowest BCUT2D eigenvalue weighted by molar-refractivity contribution is -0.0128. The van der Waals surface area contributed by atoms with Gasteiger partial charge >= 0.3 is 0 Å². The molecule has 0 bridgehead atoms. The van der Waals surface area contributed by atoms with Crippen molar-refractivity contribution in [2.75, 3.05) is 52.8 Å². The number of ether oxygens (including phenoxy) is 3. The monoisotopic (exact) mass is 325 g/mol. The van der Waals surface area contributed by atoms with Gasteiger partial charge in [0.1, 0.15) is 0 Å². The Balaban J connectivity index is 1.56. The second kappa shape index (κ2) is 9.59. The molecule has 1 aromatic carbocycles. The first-order valence-corrected chi connectivity index (χ1v) is 7.67. The largest absolute Gasteiger partial charge is 0.394 e. The number of carbonyl (C=O) groups excluding carboxylic acids is 1. The lowest BCUT2D eigenvalue weighted by Gasteiger charge is -2.20. The molecule has 1 aliphatic rings. The number of aliphatic hydroxyl groups excluding tert-OH is 2. The minimum atomic E-state index is -0.901. The molecule has 2 rings (SSSR count). The van der Waals surface area contributed by atoms with Gasteiger partial charge in [-0.1, -0.05) is 18.2 Å². The van der Waals surface area contributed by atoms with Crippen LogP contribution in [0.2, 0.25) is 0 Å². The van der Waals surface area contributed by atoms with Crippen LogP contribution in [0.25, 0.3) is 0 Å². The van der Waals surface area contributed by atoms with E-state index in [4.69, 9.17) is 19.3 Å². The number of hydrogen-bond acceptors (Lipinski definition) is 6. The molecule has 0 aliphatic carbocycles. The van der Waals surface area contributed by atoms with Crippen LogP contribution in [0.4, 0.5) is 0 Å². The summed E-state index contributed by atoms with van der Waals surface area (Å²) < 4.78 is 15.7. The van der Waals surface area contributed by atoms with Crippen molar-refractivity contribution >= 4 is 5.91 Å². The highest BCUT2D eigenvalue weighted by molar-refractivity contribution is 5.98. The number of aliphatic hydroxyl groups is 2. The van der Waals surface area contributed by atoms with Crippen LogP contribution in [-0.2, 0) is 14.2 Å².